The van der Waals surface area contributed by atoms with Crippen LogP contribution in [0.2, 0.25) is 0 Å². The van der Waals surface area contributed by atoms with Crippen molar-refractivity contribution in [1.29, 1.82) is 0 Å². The molecule has 2 saturated carbocycles. The molecule has 0 atom stereocenters. The first-order chi connectivity index (χ1) is 8.23. The fourth-order valence-corrected chi connectivity index (χ4v) is 2.86. The van der Waals surface area contributed by atoms with Crippen molar-refractivity contribution in [2.24, 2.45) is 11.1 Å². The Hall–Kier alpha value is -0.610. The lowest BCUT2D eigenvalue weighted by molar-refractivity contribution is -0.127. The average molecular weight is 237 g/mol. The number of piperidine rings is 1. The maximum atomic E-state index is 12.0. The number of nitrogens with zero attached hydrogens (tertiary/aromatic N) is 1. The zero-order valence-electron chi connectivity index (χ0n) is 10.5. The second kappa shape index (κ2) is 4.25. The predicted octanol–water partition coefficient (Wildman–Crippen LogP) is 0.468. The predicted molar refractivity (Wildman–Crippen MR) is 66.5 cm³/mol. The third-order valence-corrected chi connectivity index (χ3v) is 4.65. The van der Waals surface area contributed by atoms with Gasteiger partial charge >= 0.3 is 0 Å². The lowest BCUT2D eigenvalue weighted by atomic mass is 10.0. The average Bonchev–Trinajstić information content (AvgIpc) is 3.23. The molecule has 96 valence electrons. The first-order valence-corrected chi connectivity index (χ1v) is 6.99. The topological polar surface area (TPSA) is 58.4 Å². The smallest absolute Gasteiger partial charge is 0.227 e. The van der Waals surface area contributed by atoms with Crippen molar-refractivity contribution < 1.29 is 4.79 Å². The maximum absolute atomic E-state index is 12.0. The summed E-state index contributed by atoms with van der Waals surface area (Å²) in [6.07, 6.45) is 6.96. The maximum Gasteiger partial charge on any atom is 0.227 e. The molecule has 1 aliphatic heterocycles. The minimum absolute atomic E-state index is 0.187. The van der Waals surface area contributed by atoms with E-state index < -0.39 is 0 Å². The molecular weight excluding hydrogens is 214 g/mol. The molecule has 17 heavy (non-hydrogen) atoms. The van der Waals surface area contributed by atoms with Gasteiger partial charge in [-0.15, -0.1) is 0 Å². The molecule has 0 radical (unpaired) electrons. The highest BCUT2D eigenvalue weighted by molar-refractivity contribution is 5.85. The van der Waals surface area contributed by atoms with Crippen molar-refractivity contribution in [3.63, 3.8) is 0 Å². The van der Waals surface area contributed by atoms with Gasteiger partial charge in [0.2, 0.25) is 5.91 Å². The number of hydrogen-bond acceptors (Lipinski definition) is 3. The van der Waals surface area contributed by atoms with Gasteiger partial charge in [-0.25, -0.2) is 0 Å². The van der Waals surface area contributed by atoms with Gasteiger partial charge in [0.05, 0.1) is 5.41 Å². The van der Waals surface area contributed by atoms with Crippen molar-refractivity contribution in [1.82, 2.24) is 10.2 Å². The Balaban J connectivity index is 1.45. The van der Waals surface area contributed by atoms with Crippen molar-refractivity contribution in [3.8, 4) is 0 Å². The van der Waals surface area contributed by atoms with Gasteiger partial charge in [0.1, 0.15) is 0 Å². The van der Waals surface area contributed by atoms with E-state index in [1.54, 1.807) is 0 Å². The Morgan fingerprint density at radius 1 is 1.24 bits per heavy atom. The van der Waals surface area contributed by atoms with Gasteiger partial charge in [0, 0.05) is 31.7 Å². The first-order valence-electron chi connectivity index (χ1n) is 6.99. The molecular formula is C13H23N3O. The minimum Gasteiger partial charge on any atom is -0.353 e. The van der Waals surface area contributed by atoms with Crippen LogP contribution in [-0.4, -0.2) is 42.5 Å². The van der Waals surface area contributed by atoms with E-state index in [2.05, 4.69) is 10.2 Å². The molecule has 3 N–H and O–H groups in total. The highest BCUT2D eigenvalue weighted by Gasteiger charge is 2.49. The molecule has 0 aromatic heterocycles. The lowest BCUT2D eigenvalue weighted by Gasteiger charge is -2.33. The Morgan fingerprint density at radius 3 is 2.35 bits per heavy atom. The molecule has 4 nitrogen and oxygen atoms in total. The van der Waals surface area contributed by atoms with E-state index in [0.29, 0.717) is 12.6 Å². The monoisotopic (exact) mass is 237 g/mol. The normalized spacial score (nSPS) is 29.0. The molecule has 3 aliphatic rings. The quantitative estimate of drug-likeness (QED) is 0.747. The molecule has 0 spiro atoms. The molecule has 2 aliphatic carbocycles. The third-order valence-electron chi connectivity index (χ3n) is 4.65. The van der Waals surface area contributed by atoms with Gasteiger partial charge in [-0.05, 0) is 38.5 Å². The van der Waals surface area contributed by atoms with Crippen LogP contribution >= 0.6 is 0 Å². The Labute approximate surface area is 103 Å². The fourth-order valence-electron chi connectivity index (χ4n) is 2.86. The Bertz CT molecular complexity index is 302. The van der Waals surface area contributed by atoms with E-state index in [9.17, 15) is 4.79 Å². The second-order valence-electron chi connectivity index (χ2n) is 6.00. The summed E-state index contributed by atoms with van der Waals surface area (Å²) >= 11 is 0. The molecule has 3 fully saturated rings. The van der Waals surface area contributed by atoms with Crippen LogP contribution in [0.1, 0.15) is 38.5 Å². The van der Waals surface area contributed by atoms with E-state index >= 15 is 0 Å². The largest absolute Gasteiger partial charge is 0.353 e. The van der Waals surface area contributed by atoms with Crippen LogP contribution in [0, 0.1) is 5.41 Å². The first kappa shape index (κ1) is 11.5. The number of nitrogens with one attached hydrogen (secondary N) is 1. The summed E-state index contributed by atoms with van der Waals surface area (Å²) < 4.78 is 0. The number of amides is 1. The second-order valence-corrected chi connectivity index (χ2v) is 6.00. The lowest BCUT2D eigenvalue weighted by Crippen LogP contribution is -2.48. The summed E-state index contributed by atoms with van der Waals surface area (Å²) in [6, 6.07) is 1.26. The molecule has 3 rings (SSSR count). The summed E-state index contributed by atoms with van der Waals surface area (Å²) in [5.41, 5.74) is 5.49. The van der Waals surface area contributed by atoms with E-state index in [1.165, 1.54) is 12.8 Å². The van der Waals surface area contributed by atoms with Gasteiger partial charge in [-0.3, -0.25) is 4.79 Å². The zero-order chi connectivity index (χ0) is 11.9. The summed E-state index contributed by atoms with van der Waals surface area (Å²) in [6.45, 7) is 2.83. The molecule has 1 saturated heterocycles. The van der Waals surface area contributed by atoms with Crippen molar-refractivity contribution in [2.45, 2.75) is 50.6 Å². The van der Waals surface area contributed by atoms with Crippen LogP contribution in [0.4, 0.5) is 0 Å². The summed E-state index contributed by atoms with van der Waals surface area (Å²) in [5.74, 6) is 0.213. The van der Waals surface area contributed by atoms with Crippen LogP contribution in [0.3, 0.4) is 0 Å². The summed E-state index contributed by atoms with van der Waals surface area (Å²) in [5, 5.41) is 3.21. The number of carbonyl (C=O) groups is 1. The Morgan fingerprint density at radius 2 is 1.88 bits per heavy atom. The van der Waals surface area contributed by atoms with Gasteiger partial charge in [-0.1, -0.05) is 0 Å². The highest BCUT2D eigenvalue weighted by Crippen LogP contribution is 2.44. The highest BCUT2D eigenvalue weighted by atomic mass is 16.2. The van der Waals surface area contributed by atoms with Gasteiger partial charge in [0.15, 0.2) is 0 Å². The molecule has 0 bridgehead atoms. The zero-order valence-corrected chi connectivity index (χ0v) is 10.5. The van der Waals surface area contributed by atoms with Crippen molar-refractivity contribution >= 4 is 5.91 Å². The van der Waals surface area contributed by atoms with Gasteiger partial charge in [0.25, 0.3) is 0 Å². The van der Waals surface area contributed by atoms with E-state index in [-0.39, 0.29) is 11.3 Å². The molecule has 0 unspecified atom stereocenters. The van der Waals surface area contributed by atoms with Crippen LogP contribution < -0.4 is 11.1 Å². The summed E-state index contributed by atoms with van der Waals surface area (Å²) in [4.78, 5) is 14.6. The summed E-state index contributed by atoms with van der Waals surface area (Å²) in [7, 11) is 0. The van der Waals surface area contributed by atoms with Crippen molar-refractivity contribution in [2.75, 3.05) is 19.6 Å². The molecule has 1 heterocycles. The number of nitrogens with two attached hydrogens (primary N) is 1. The van der Waals surface area contributed by atoms with E-state index in [0.717, 1.165) is 44.8 Å². The molecule has 0 aromatic rings. The van der Waals surface area contributed by atoms with Crippen LogP contribution in [0.5, 0.6) is 0 Å². The van der Waals surface area contributed by atoms with Crippen LogP contribution in [0.15, 0.2) is 0 Å². The number of hydrogen-bond donors (Lipinski definition) is 2. The SMILES string of the molecule is NCC1(C(=O)NC2CCN(C3CC3)CC2)CC1. The van der Waals surface area contributed by atoms with Crippen molar-refractivity contribution in [3.05, 3.63) is 0 Å². The number of carbonyl (C=O) groups excluding carboxylic acids is 1. The fraction of sp³-hybridized carbons (Fsp3) is 0.923. The van der Waals surface area contributed by atoms with Crippen LogP contribution in [-0.2, 0) is 4.79 Å². The van der Waals surface area contributed by atoms with Crippen LogP contribution in [0.25, 0.3) is 0 Å². The molecule has 4 heteroatoms. The van der Waals surface area contributed by atoms with E-state index in [1.807, 2.05) is 0 Å². The molecule has 1 amide bonds. The molecule has 0 aromatic carbocycles. The third kappa shape index (κ3) is 2.33. The minimum atomic E-state index is -0.187. The van der Waals surface area contributed by atoms with Gasteiger partial charge < -0.3 is 16.0 Å². The number of likely N-dealkylation sites (tertiary alicyclic amines) is 1. The van der Waals surface area contributed by atoms with E-state index in [4.69, 9.17) is 5.73 Å². The Kier molecular flexibility index (Phi) is 2.87. The standard InChI is InChI=1S/C13H23N3O/c14-9-13(5-6-13)12(17)15-10-3-7-16(8-4-10)11-1-2-11/h10-11H,1-9,14H2,(H,15,17). The number of rotatable bonds is 4. The van der Waals surface area contributed by atoms with Gasteiger partial charge in [-0.2, -0.15) is 0 Å².